The van der Waals surface area contributed by atoms with Crippen molar-refractivity contribution in [2.24, 2.45) is 0 Å². The molecular weight excluding hydrogens is 1180 g/mol. The fourth-order valence-corrected chi connectivity index (χ4v) is 11.7. The number of hydrogen-bond donors (Lipinski definition) is 1. The van der Waals surface area contributed by atoms with E-state index in [2.05, 4.69) is 135 Å². The number of esters is 2. The van der Waals surface area contributed by atoms with Crippen LogP contribution in [-0.2, 0) is 32.7 Å². The van der Waals surface area contributed by atoms with E-state index in [1.807, 2.05) is 21.1 Å². The standard InChI is InChI=1S/C84H148NO8P/c1-6-8-10-12-14-16-18-20-22-24-26-28-30-32-34-36-37-38-39-40-41-42-43-44-45-46-47-49-50-52-54-56-58-60-62-64-66-68-70-72-74-76-83(86)90-80-82(81-92-94(88,89)91-79-78-85(3,4)5)93-84(87)77-75-73-71-69-67-65-63-61-59-57-55-53-51-48-35-33-31-29-27-25-23-21-19-17-15-13-11-9-7-2/h9,11,15,17-18,20-21,23-24,26-27,29-30,32-33,35,51,53,57,59,82H,6-8,10,12-14,16,19,22,25,28,31,34,36-50,52,54-56,58,60-81H2,1-5H3/p+1/b11-9-,17-15-,20-18-,23-21-,26-24-,29-27-,32-30-,35-33-,53-51-,59-57-. The molecule has 0 amide bonds. The summed E-state index contributed by atoms with van der Waals surface area (Å²) in [5.41, 5.74) is 0. The Balaban J connectivity index is 3.96. The highest BCUT2D eigenvalue weighted by atomic mass is 31.2. The summed E-state index contributed by atoms with van der Waals surface area (Å²) in [5.74, 6) is -0.803. The summed E-state index contributed by atoms with van der Waals surface area (Å²) in [7, 11) is 1.47. The second-order valence-electron chi connectivity index (χ2n) is 27.4. The van der Waals surface area contributed by atoms with Crippen LogP contribution in [0.2, 0.25) is 0 Å². The van der Waals surface area contributed by atoms with E-state index >= 15 is 0 Å². The Morgan fingerprint density at radius 2 is 0.606 bits per heavy atom. The van der Waals surface area contributed by atoms with Gasteiger partial charge in [-0.2, -0.15) is 0 Å². The molecule has 0 heterocycles. The van der Waals surface area contributed by atoms with Gasteiger partial charge in [0.25, 0.3) is 0 Å². The molecule has 0 rings (SSSR count). The van der Waals surface area contributed by atoms with Crippen molar-refractivity contribution >= 4 is 19.8 Å². The third kappa shape index (κ3) is 77.4. The van der Waals surface area contributed by atoms with Crippen LogP contribution in [0.1, 0.15) is 348 Å². The molecule has 0 saturated carbocycles. The SMILES string of the molecule is CC/C=C\C/C=C\C/C=C\C/C=C\C/C=C\C/C=C\C/C=C\CCCCCCCCCC(=O)OC(COC(=O)CCCCCCCCCCCCCCCCCCCCCCCCCCCC/C=C\C/C=C\C/C=C\CCCCCCC)COP(=O)(O)OCC[N+](C)(C)C. The van der Waals surface area contributed by atoms with Gasteiger partial charge in [0.15, 0.2) is 6.10 Å². The number of allylic oxidation sites excluding steroid dienone is 20. The van der Waals surface area contributed by atoms with Gasteiger partial charge in [-0.05, 0) is 109 Å². The highest BCUT2D eigenvalue weighted by Gasteiger charge is 2.27. The van der Waals surface area contributed by atoms with Crippen molar-refractivity contribution in [2.75, 3.05) is 47.5 Å². The monoisotopic (exact) mass is 1330 g/mol. The molecule has 542 valence electrons. The van der Waals surface area contributed by atoms with E-state index < -0.39 is 26.5 Å². The van der Waals surface area contributed by atoms with Crippen molar-refractivity contribution in [2.45, 2.75) is 354 Å². The molecule has 0 radical (unpaired) electrons. The highest BCUT2D eigenvalue weighted by molar-refractivity contribution is 7.47. The van der Waals surface area contributed by atoms with E-state index in [0.717, 1.165) is 103 Å². The molecule has 0 aliphatic rings. The Morgan fingerprint density at radius 1 is 0.340 bits per heavy atom. The van der Waals surface area contributed by atoms with Crippen molar-refractivity contribution in [1.82, 2.24) is 0 Å². The van der Waals surface area contributed by atoms with Crippen molar-refractivity contribution in [3.63, 3.8) is 0 Å². The van der Waals surface area contributed by atoms with Gasteiger partial charge in [0.05, 0.1) is 27.7 Å². The van der Waals surface area contributed by atoms with Gasteiger partial charge in [-0.1, -0.05) is 347 Å². The first kappa shape index (κ1) is 90.4. The number of carbonyl (C=O) groups is 2. The lowest BCUT2D eigenvalue weighted by molar-refractivity contribution is -0.870. The number of likely N-dealkylation sites (N-methyl/N-ethyl adjacent to an activating group) is 1. The first-order valence-corrected chi connectivity index (χ1v) is 40.8. The third-order valence-electron chi connectivity index (χ3n) is 17.0. The van der Waals surface area contributed by atoms with Crippen LogP contribution >= 0.6 is 7.82 Å². The molecule has 0 aliphatic carbocycles. The fourth-order valence-electron chi connectivity index (χ4n) is 11.0. The van der Waals surface area contributed by atoms with E-state index in [1.165, 1.54) is 212 Å². The number of nitrogens with zero attached hydrogens (tertiary/aromatic N) is 1. The molecule has 0 aromatic carbocycles. The van der Waals surface area contributed by atoms with Crippen molar-refractivity contribution < 1.29 is 42.1 Å². The number of ether oxygens (including phenoxy) is 2. The zero-order valence-electron chi connectivity index (χ0n) is 61.9. The van der Waals surface area contributed by atoms with E-state index in [1.54, 1.807) is 0 Å². The predicted octanol–water partition coefficient (Wildman–Crippen LogP) is 26.2. The predicted molar refractivity (Wildman–Crippen MR) is 408 cm³/mol. The Morgan fingerprint density at radius 3 is 0.904 bits per heavy atom. The maximum Gasteiger partial charge on any atom is 0.472 e. The first-order chi connectivity index (χ1) is 46.0. The Labute approximate surface area is 581 Å². The summed E-state index contributed by atoms with van der Waals surface area (Å²) in [6, 6.07) is 0. The molecule has 9 nitrogen and oxygen atoms in total. The number of rotatable bonds is 72. The highest BCUT2D eigenvalue weighted by Crippen LogP contribution is 2.43. The van der Waals surface area contributed by atoms with E-state index in [-0.39, 0.29) is 32.0 Å². The van der Waals surface area contributed by atoms with Crippen LogP contribution in [0.25, 0.3) is 0 Å². The van der Waals surface area contributed by atoms with Gasteiger partial charge in [-0.3, -0.25) is 18.6 Å². The largest absolute Gasteiger partial charge is 0.472 e. The summed E-state index contributed by atoms with van der Waals surface area (Å²) in [5, 5.41) is 0. The summed E-state index contributed by atoms with van der Waals surface area (Å²) >= 11 is 0. The van der Waals surface area contributed by atoms with Crippen molar-refractivity contribution in [1.29, 1.82) is 0 Å². The molecule has 0 saturated heterocycles. The summed E-state index contributed by atoms with van der Waals surface area (Å²) in [6.07, 6.45) is 106. The molecule has 0 spiro atoms. The molecule has 0 aromatic rings. The fraction of sp³-hybridized carbons (Fsp3) is 0.738. The minimum absolute atomic E-state index is 0.0253. The Kier molecular flexibility index (Phi) is 70.8. The van der Waals surface area contributed by atoms with Crippen molar-refractivity contribution in [3.8, 4) is 0 Å². The van der Waals surface area contributed by atoms with Crippen LogP contribution in [0.3, 0.4) is 0 Å². The van der Waals surface area contributed by atoms with E-state index in [9.17, 15) is 19.0 Å². The maximum absolute atomic E-state index is 12.9. The van der Waals surface area contributed by atoms with Crippen molar-refractivity contribution in [3.05, 3.63) is 122 Å². The smallest absolute Gasteiger partial charge is 0.462 e. The zero-order chi connectivity index (χ0) is 68.3. The molecule has 1 N–H and O–H groups in total. The van der Waals surface area contributed by atoms with Gasteiger partial charge in [0.2, 0.25) is 0 Å². The number of hydrogen-bond acceptors (Lipinski definition) is 7. The van der Waals surface area contributed by atoms with Gasteiger partial charge in [-0.25, -0.2) is 4.57 Å². The minimum atomic E-state index is -4.40. The normalized spacial score (nSPS) is 13.7. The Bertz CT molecular complexity index is 2010. The lowest BCUT2D eigenvalue weighted by Gasteiger charge is -2.24. The molecule has 10 heteroatoms. The van der Waals surface area contributed by atoms with Gasteiger partial charge in [0, 0.05) is 12.8 Å². The molecule has 0 bridgehead atoms. The summed E-state index contributed by atoms with van der Waals surface area (Å²) in [6.45, 7) is 4.32. The second kappa shape index (κ2) is 73.7. The van der Waals surface area contributed by atoms with Crippen LogP contribution in [0.5, 0.6) is 0 Å². The second-order valence-corrected chi connectivity index (χ2v) is 28.8. The van der Waals surface area contributed by atoms with Crippen LogP contribution < -0.4 is 0 Å². The van der Waals surface area contributed by atoms with Crippen LogP contribution in [0.4, 0.5) is 0 Å². The van der Waals surface area contributed by atoms with Gasteiger partial charge < -0.3 is 18.9 Å². The molecule has 0 aromatic heterocycles. The zero-order valence-corrected chi connectivity index (χ0v) is 62.8. The molecule has 0 aliphatic heterocycles. The lowest BCUT2D eigenvalue weighted by Crippen LogP contribution is -2.37. The quantitative estimate of drug-likeness (QED) is 0.0211. The van der Waals surface area contributed by atoms with E-state index in [0.29, 0.717) is 17.4 Å². The molecular formula is C84H149NO8P+. The van der Waals surface area contributed by atoms with Crippen LogP contribution in [0, 0.1) is 0 Å². The number of phosphoric acid groups is 1. The number of carbonyl (C=O) groups excluding carboxylic acids is 2. The molecule has 2 unspecified atom stereocenters. The topological polar surface area (TPSA) is 108 Å². The van der Waals surface area contributed by atoms with E-state index in [4.69, 9.17) is 18.5 Å². The average Bonchev–Trinajstić information content (AvgIpc) is 1.65. The third-order valence-corrected chi connectivity index (χ3v) is 18.0. The van der Waals surface area contributed by atoms with Gasteiger partial charge in [0.1, 0.15) is 19.8 Å². The van der Waals surface area contributed by atoms with Crippen LogP contribution in [0.15, 0.2) is 122 Å². The van der Waals surface area contributed by atoms with Crippen LogP contribution in [-0.4, -0.2) is 74.9 Å². The number of phosphoric ester groups is 1. The molecule has 94 heavy (non-hydrogen) atoms. The number of unbranched alkanes of at least 4 members (excludes halogenated alkanes) is 38. The average molecular weight is 1330 g/mol. The molecule has 0 fully saturated rings. The summed E-state index contributed by atoms with van der Waals surface area (Å²) in [4.78, 5) is 36.0. The Hall–Kier alpha value is -3.59. The minimum Gasteiger partial charge on any atom is -0.462 e. The molecule has 2 atom stereocenters. The lowest BCUT2D eigenvalue weighted by atomic mass is 10.0. The first-order valence-electron chi connectivity index (χ1n) is 39.3. The van der Waals surface area contributed by atoms with Gasteiger partial charge >= 0.3 is 19.8 Å². The van der Waals surface area contributed by atoms with Gasteiger partial charge in [-0.15, -0.1) is 0 Å². The maximum atomic E-state index is 12.9. The number of quaternary nitrogens is 1. The summed E-state index contributed by atoms with van der Waals surface area (Å²) < 4.78 is 34.8.